The van der Waals surface area contributed by atoms with E-state index in [1.165, 1.54) is 0 Å². The molecule has 3 heteroatoms. The highest BCUT2D eigenvalue weighted by Crippen LogP contribution is 2.15. The fourth-order valence-corrected chi connectivity index (χ4v) is 2.06. The van der Waals surface area contributed by atoms with Gasteiger partial charge in [0, 0.05) is 25.2 Å². The second-order valence-corrected chi connectivity index (χ2v) is 3.94. The summed E-state index contributed by atoms with van der Waals surface area (Å²) in [5.74, 6) is 0. The van der Waals surface area contributed by atoms with Crippen LogP contribution in [0.2, 0.25) is 0 Å². The van der Waals surface area contributed by atoms with Gasteiger partial charge in [0.05, 0.1) is 19.1 Å². The minimum atomic E-state index is 0.414. The van der Waals surface area contributed by atoms with Crippen molar-refractivity contribution in [2.75, 3.05) is 19.8 Å². The van der Waals surface area contributed by atoms with E-state index in [-0.39, 0.29) is 0 Å². The predicted molar refractivity (Wildman–Crippen MR) is 55.9 cm³/mol. The number of nitriles is 1. The fourth-order valence-electron chi connectivity index (χ4n) is 2.06. The lowest BCUT2D eigenvalue weighted by atomic mass is 10.1. The summed E-state index contributed by atoms with van der Waals surface area (Å²) >= 11 is 0. The van der Waals surface area contributed by atoms with E-state index in [9.17, 15) is 0 Å². The Morgan fingerprint density at radius 1 is 1.64 bits per heavy atom. The van der Waals surface area contributed by atoms with E-state index in [1.54, 1.807) is 0 Å². The van der Waals surface area contributed by atoms with E-state index in [0.717, 1.165) is 32.6 Å². The Bertz CT molecular complexity index is 200. The third-order valence-corrected chi connectivity index (χ3v) is 2.90. The first-order valence-corrected chi connectivity index (χ1v) is 5.50. The summed E-state index contributed by atoms with van der Waals surface area (Å²) < 4.78 is 5.49. The van der Waals surface area contributed by atoms with Crippen molar-refractivity contribution in [3.05, 3.63) is 0 Å². The van der Waals surface area contributed by atoms with Gasteiger partial charge >= 0.3 is 0 Å². The number of hydrogen-bond acceptors (Lipinski definition) is 3. The quantitative estimate of drug-likeness (QED) is 0.690. The molecule has 1 aliphatic heterocycles. The van der Waals surface area contributed by atoms with E-state index >= 15 is 0 Å². The summed E-state index contributed by atoms with van der Waals surface area (Å²) in [6.07, 6.45) is 2.78. The van der Waals surface area contributed by atoms with Crippen molar-refractivity contribution in [3.8, 4) is 6.07 Å². The van der Waals surface area contributed by atoms with Gasteiger partial charge in [0.25, 0.3) is 0 Å². The Balaban J connectivity index is 2.56. The Kier molecular flexibility index (Phi) is 4.92. The molecule has 3 nitrogen and oxygen atoms in total. The summed E-state index contributed by atoms with van der Waals surface area (Å²) in [7, 11) is 0. The van der Waals surface area contributed by atoms with E-state index in [2.05, 4.69) is 24.8 Å². The molecule has 1 heterocycles. The number of rotatable bonds is 3. The molecule has 14 heavy (non-hydrogen) atoms. The third-order valence-electron chi connectivity index (χ3n) is 2.90. The summed E-state index contributed by atoms with van der Waals surface area (Å²) in [6.45, 7) is 7.08. The second-order valence-electron chi connectivity index (χ2n) is 3.94. The summed E-state index contributed by atoms with van der Waals surface area (Å²) in [6, 6.07) is 3.14. The smallest absolute Gasteiger partial charge is 0.0638 e. The molecule has 0 saturated carbocycles. The molecule has 0 aromatic heterocycles. The van der Waals surface area contributed by atoms with Crippen molar-refractivity contribution in [3.63, 3.8) is 0 Å². The van der Waals surface area contributed by atoms with Crippen LogP contribution in [0.1, 0.15) is 33.1 Å². The molecule has 0 bridgehead atoms. The lowest BCUT2D eigenvalue weighted by Crippen LogP contribution is -2.42. The van der Waals surface area contributed by atoms with Crippen LogP contribution in [0.4, 0.5) is 0 Å². The monoisotopic (exact) mass is 196 g/mol. The summed E-state index contributed by atoms with van der Waals surface area (Å²) in [5, 5.41) is 8.75. The average Bonchev–Trinajstić information content (AvgIpc) is 2.40. The molecule has 2 unspecified atom stereocenters. The second kappa shape index (κ2) is 6.00. The van der Waals surface area contributed by atoms with E-state index in [1.807, 2.05) is 0 Å². The van der Waals surface area contributed by atoms with Crippen molar-refractivity contribution in [1.82, 2.24) is 4.90 Å². The van der Waals surface area contributed by atoms with Crippen molar-refractivity contribution in [2.45, 2.75) is 45.2 Å². The average molecular weight is 196 g/mol. The molecule has 80 valence electrons. The molecule has 2 atom stereocenters. The van der Waals surface area contributed by atoms with Crippen molar-refractivity contribution in [1.29, 1.82) is 5.26 Å². The zero-order valence-corrected chi connectivity index (χ0v) is 9.20. The Labute approximate surface area is 86.6 Å². The van der Waals surface area contributed by atoms with Crippen LogP contribution in [0.3, 0.4) is 0 Å². The topological polar surface area (TPSA) is 36.3 Å². The molecule has 0 spiro atoms. The molecule has 1 aliphatic rings. The summed E-state index contributed by atoms with van der Waals surface area (Å²) in [4.78, 5) is 2.43. The van der Waals surface area contributed by atoms with E-state index in [0.29, 0.717) is 18.5 Å². The van der Waals surface area contributed by atoms with Crippen molar-refractivity contribution < 1.29 is 4.74 Å². The van der Waals surface area contributed by atoms with Crippen LogP contribution in [-0.4, -0.2) is 36.7 Å². The van der Waals surface area contributed by atoms with Gasteiger partial charge in [0.1, 0.15) is 0 Å². The lowest BCUT2D eigenvalue weighted by Gasteiger charge is -2.32. The van der Waals surface area contributed by atoms with Crippen LogP contribution < -0.4 is 0 Å². The van der Waals surface area contributed by atoms with Crippen LogP contribution in [0.25, 0.3) is 0 Å². The highest BCUT2D eigenvalue weighted by molar-refractivity contribution is 4.85. The van der Waals surface area contributed by atoms with Gasteiger partial charge in [-0.2, -0.15) is 5.26 Å². The molecule has 1 saturated heterocycles. The SMILES string of the molecule is CCC(CC#N)N1CCCOCC1C. The molecule has 1 fully saturated rings. The first kappa shape index (κ1) is 11.5. The molecule has 0 N–H and O–H groups in total. The third kappa shape index (κ3) is 2.97. The zero-order chi connectivity index (χ0) is 10.4. The highest BCUT2D eigenvalue weighted by atomic mass is 16.5. The van der Waals surface area contributed by atoms with Gasteiger partial charge in [-0.25, -0.2) is 0 Å². The normalized spacial score (nSPS) is 26.5. The van der Waals surface area contributed by atoms with Gasteiger partial charge in [-0.15, -0.1) is 0 Å². The van der Waals surface area contributed by atoms with Crippen LogP contribution in [0, 0.1) is 11.3 Å². The van der Waals surface area contributed by atoms with Crippen LogP contribution >= 0.6 is 0 Å². The number of nitrogens with zero attached hydrogens (tertiary/aromatic N) is 2. The minimum absolute atomic E-state index is 0.414. The van der Waals surface area contributed by atoms with Gasteiger partial charge in [0.2, 0.25) is 0 Å². The molecule has 0 aromatic carbocycles. The number of hydrogen-bond donors (Lipinski definition) is 0. The van der Waals surface area contributed by atoms with Gasteiger partial charge < -0.3 is 4.74 Å². The minimum Gasteiger partial charge on any atom is -0.380 e. The fraction of sp³-hybridized carbons (Fsp3) is 0.909. The first-order valence-electron chi connectivity index (χ1n) is 5.50. The predicted octanol–water partition coefficient (Wildman–Crippen LogP) is 1.79. The summed E-state index contributed by atoms with van der Waals surface area (Å²) in [5.41, 5.74) is 0. The molecule has 0 aromatic rings. The van der Waals surface area contributed by atoms with E-state index < -0.39 is 0 Å². The molecule has 1 rings (SSSR count). The van der Waals surface area contributed by atoms with Gasteiger partial charge in [0.15, 0.2) is 0 Å². The molecular formula is C11H20N2O. The number of ether oxygens (including phenoxy) is 1. The van der Waals surface area contributed by atoms with E-state index in [4.69, 9.17) is 10.00 Å². The van der Waals surface area contributed by atoms with Crippen molar-refractivity contribution >= 4 is 0 Å². The first-order chi connectivity index (χ1) is 6.79. The molecule has 0 amide bonds. The standard InChI is InChI=1S/C11H20N2O/c1-3-11(5-6-12)13-7-4-8-14-9-10(13)2/h10-11H,3-5,7-9H2,1-2H3. The molecular weight excluding hydrogens is 176 g/mol. The zero-order valence-electron chi connectivity index (χ0n) is 9.20. The van der Waals surface area contributed by atoms with Crippen LogP contribution in [-0.2, 0) is 4.74 Å². The van der Waals surface area contributed by atoms with Gasteiger partial charge in [-0.1, -0.05) is 6.92 Å². The molecule has 0 aliphatic carbocycles. The maximum absolute atomic E-state index is 8.75. The maximum Gasteiger partial charge on any atom is 0.0638 e. The van der Waals surface area contributed by atoms with Crippen molar-refractivity contribution in [2.24, 2.45) is 0 Å². The maximum atomic E-state index is 8.75. The van der Waals surface area contributed by atoms with Gasteiger partial charge in [-0.05, 0) is 19.8 Å². The largest absolute Gasteiger partial charge is 0.380 e. The Morgan fingerprint density at radius 3 is 3.07 bits per heavy atom. The Morgan fingerprint density at radius 2 is 2.43 bits per heavy atom. The highest BCUT2D eigenvalue weighted by Gasteiger charge is 2.23. The van der Waals surface area contributed by atoms with Crippen LogP contribution in [0.15, 0.2) is 0 Å². The Hall–Kier alpha value is -0.590. The molecule has 0 radical (unpaired) electrons. The van der Waals surface area contributed by atoms with Crippen LogP contribution in [0.5, 0.6) is 0 Å². The van der Waals surface area contributed by atoms with Gasteiger partial charge in [-0.3, -0.25) is 4.90 Å². The lowest BCUT2D eigenvalue weighted by molar-refractivity contribution is 0.0876.